The standard InChI is InChI=1S/C11H14Br3NO3S/c1-7-3-10(14)11(4-9(7)13)19(16,17)15-5-8(12)6-18-2/h3-4,8,15H,5-6H2,1-2H3. The molecular weight excluding hydrogens is 466 g/mol. The number of methoxy groups -OCH3 is 1. The van der Waals surface area contributed by atoms with E-state index in [2.05, 4.69) is 52.5 Å². The number of ether oxygens (including phenoxy) is 1. The maximum atomic E-state index is 12.2. The predicted molar refractivity (Wildman–Crippen MR) is 86.4 cm³/mol. The van der Waals surface area contributed by atoms with Crippen LogP contribution in [0.25, 0.3) is 0 Å². The number of nitrogens with one attached hydrogen (secondary N) is 1. The Kier molecular flexibility index (Phi) is 6.95. The van der Waals surface area contributed by atoms with E-state index in [9.17, 15) is 8.42 Å². The van der Waals surface area contributed by atoms with Crippen LogP contribution < -0.4 is 4.72 Å². The number of aryl methyl sites for hydroxylation is 1. The minimum atomic E-state index is -3.56. The smallest absolute Gasteiger partial charge is 0.241 e. The molecule has 19 heavy (non-hydrogen) atoms. The van der Waals surface area contributed by atoms with Crippen molar-refractivity contribution in [3.63, 3.8) is 0 Å². The van der Waals surface area contributed by atoms with Crippen molar-refractivity contribution in [3.05, 3.63) is 26.6 Å². The molecular formula is C11H14Br3NO3S. The highest BCUT2D eigenvalue weighted by Crippen LogP contribution is 2.28. The van der Waals surface area contributed by atoms with Crippen molar-refractivity contribution in [2.24, 2.45) is 0 Å². The van der Waals surface area contributed by atoms with Crippen molar-refractivity contribution in [2.45, 2.75) is 16.6 Å². The normalized spacial score (nSPS) is 13.5. The molecule has 108 valence electrons. The minimum absolute atomic E-state index is 0.0695. The summed E-state index contributed by atoms with van der Waals surface area (Å²) < 4.78 is 33.2. The van der Waals surface area contributed by atoms with Gasteiger partial charge in [0.15, 0.2) is 0 Å². The van der Waals surface area contributed by atoms with Gasteiger partial charge in [0.25, 0.3) is 0 Å². The predicted octanol–water partition coefficient (Wildman–Crippen LogP) is 3.21. The summed E-state index contributed by atoms with van der Waals surface area (Å²) >= 11 is 9.95. The maximum Gasteiger partial charge on any atom is 0.241 e. The number of alkyl halides is 1. The fraction of sp³-hybridized carbons (Fsp3) is 0.455. The Bertz CT molecular complexity index is 548. The lowest BCUT2D eigenvalue weighted by atomic mass is 10.2. The van der Waals surface area contributed by atoms with Crippen molar-refractivity contribution >= 4 is 57.8 Å². The molecule has 1 atom stereocenters. The fourth-order valence-electron chi connectivity index (χ4n) is 1.35. The molecule has 1 aromatic rings. The highest BCUT2D eigenvalue weighted by Gasteiger charge is 2.20. The second kappa shape index (κ2) is 7.51. The van der Waals surface area contributed by atoms with Crippen molar-refractivity contribution in [3.8, 4) is 0 Å². The van der Waals surface area contributed by atoms with Gasteiger partial charge in [-0.1, -0.05) is 31.9 Å². The van der Waals surface area contributed by atoms with Gasteiger partial charge >= 0.3 is 0 Å². The first-order valence-corrected chi connectivity index (χ1v) is 9.34. The summed E-state index contributed by atoms with van der Waals surface area (Å²) in [6.45, 7) is 2.58. The molecule has 0 saturated carbocycles. The lowest BCUT2D eigenvalue weighted by molar-refractivity contribution is 0.201. The number of halogens is 3. The van der Waals surface area contributed by atoms with Gasteiger partial charge in [-0.15, -0.1) is 0 Å². The summed E-state index contributed by atoms with van der Waals surface area (Å²) in [6.07, 6.45) is 0. The van der Waals surface area contributed by atoms with Gasteiger partial charge < -0.3 is 4.74 Å². The van der Waals surface area contributed by atoms with Crippen LogP contribution in [-0.2, 0) is 14.8 Å². The molecule has 1 rings (SSSR count). The summed E-state index contributed by atoms with van der Waals surface area (Å²) in [5, 5.41) is 0. The van der Waals surface area contributed by atoms with E-state index in [4.69, 9.17) is 4.74 Å². The molecule has 0 aliphatic carbocycles. The molecule has 0 heterocycles. The molecule has 0 radical (unpaired) electrons. The second-order valence-electron chi connectivity index (χ2n) is 3.94. The van der Waals surface area contributed by atoms with Crippen LogP contribution in [0.15, 0.2) is 26.0 Å². The number of benzene rings is 1. The quantitative estimate of drug-likeness (QED) is 0.637. The van der Waals surface area contributed by atoms with Crippen molar-refractivity contribution < 1.29 is 13.2 Å². The van der Waals surface area contributed by atoms with Gasteiger partial charge in [-0.25, -0.2) is 13.1 Å². The van der Waals surface area contributed by atoms with Gasteiger partial charge in [0.2, 0.25) is 10.0 Å². The average molecular weight is 480 g/mol. The van der Waals surface area contributed by atoms with Crippen LogP contribution in [0, 0.1) is 6.92 Å². The Morgan fingerprint density at radius 1 is 1.32 bits per heavy atom. The molecule has 0 aliphatic heterocycles. The third-order valence-electron chi connectivity index (χ3n) is 2.35. The van der Waals surface area contributed by atoms with E-state index < -0.39 is 10.0 Å². The molecule has 0 fully saturated rings. The van der Waals surface area contributed by atoms with Crippen molar-refractivity contribution in [1.29, 1.82) is 0 Å². The van der Waals surface area contributed by atoms with Crippen molar-refractivity contribution in [2.75, 3.05) is 20.3 Å². The van der Waals surface area contributed by atoms with Crippen LogP contribution in [0.5, 0.6) is 0 Å². The third kappa shape index (κ3) is 5.09. The Morgan fingerprint density at radius 3 is 2.53 bits per heavy atom. The first-order valence-electron chi connectivity index (χ1n) is 5.36. The van der Waals surface area contributed by atoms with Crippen LogP contribution in [0.4, 0.5) is 0 Å². The first kappa shape index (κ1) is 17.6. The summed E-state index contributed by atoms with van der Waals surface area (Å²) in [4.78, 5) is 0.141. The first-order chi connectivity index (χ1) is 8.77. The van der Waals surface area contributed by atoms with Crippen LogP contribution in [-0.4, -0.2) is 33.5 Å². The lowest BCUT2D eigenvalue weighted by Crippen LogP contribution is -2.31. The molecule has 1 unspecified atom stereocenters. The molecule has 1 aromatic carbocycles. The van der Waals surface area contributed by atoms with Crippen LogP contribution in [0.3, 0.4) is 0 Å². The SMILES string of the molecule is COCC(Br)CNS(=O)(=O)c1cc(Br)c(C)cc1Br. The molecule has 0 aliphatic rings. The van der Waals surface area contributed by atoms with E-state index in [0.29, 0.717) is 11.1 Å². The Labute approximate surface area is 138 Å². The third-order valence-corrected chi connectivity index (χ3v) is 6.17. The summed E-state index contributed by atoms with van der Waals surface area (Å²) in [5.41, 5.74) is 0.962. The molecule has 8 heteroatoms. The molecule has 1 N–H and O–H groups in total. The van der Waals surface area contributed by atoms with E-state index in [1.165, 1.54) is 0 Å². The summed E-state index contributed by atoms with van der Waals surface area (Å²) in [7, 11) is -1.99. The Morgan fingerprint density at radius 2 is 1.95 bits per heavy atom. The van der Waals surface area contributed by atoms with Crippen LogP contribution >= 0.6 is 47.8 Å². The van der Waals surface area contributed by atoms with E-state index in [0.717, 1.165) is 10.0 Å². The van der Waals surface area contributed by atoms with Gasteiger partial charge in [0.05, 0.1) is 16.3 Å². The molecule has 0 bridgehead atoms. The zero-order valence-electron chi connectivity index (χ0n) is 10.4. The molecule has 0 saturated heterocycles. The van der Waals surface area contributed by atoms with Gasteiger partial charge in [-0.2, -0.15) is 0 Å². The van der Waals surface area contributed by atoms with E-state index in [-0.39, 0.29) is 16.3 Å². The summed E-state index contributed by atoms with van der Waals surface area (Å²) in [5.74, 6) is 0. The Balaban J connectivity index is 2.92. The molecule has 0 amide bonds. The second-order valence-corrected chi connectivity index (χ2v) is 8.68. The average Bonchev–Trinajstić information content (AvgIpc) is 2.31. The van der Waals surface area contributed by atoms with Gasteiger partial charge in [-0.3, -0.25) is 0 Å². The monoisotopic (exact) mass is 477 g/mol. The number of hydrogen-bond donors (Lipinski definition) is 1. The highest BCUT2D eigenvalue weighted by atomic mass is 79.9. The largest absolute Gasteiger partial charge is 0.383 e. The summed E-state index contributed by atoms with van der Waals surface area (Å²) in [6, 6.07) is 3.35. The molecule has 4 nitrogen and oxygen atoms in total. The maximum absolute atomic E-state index is 12.2. The fourth-order valence-corrected chi connectivity index (χ4v) is 4.75. The zero-order valence-corrected chi connectivity index (χ0v) is 16.0. The topological polar surface area (TPSA) is 55.4 Å². The van der Waals surface area contributed by atoms with Crippen molar-refractivity contribution in [1.82, 2.24) is 4.72 Å². The van der Waals surface area contributed by atoms with E-state index in [1.54, 1.807) is 19.2 Å². The van der Waals surface area contributed by atoms with Gasteiger partial charge in [0, 0.05) is 22.6 Å². The Hall–Kier alpha value is 0.530. The lowest BCUT2D eigenvalue weighted by Gasteiger charge is -2.13. The number of rotatable bonds is 6. The van der Waals surface area contributed by atoms with E-state index in [1.807, 2.05) is 6.92 Å². The zero-order chi connectivity index (χ0) is 14.6. The number of sulfonamides is 1. The van der Waals surface area contributed by atoms with Gasteiger partial charge in [-0.05, 0) is 40.5 Å². The van der Waals surface area contributed by atoms with E-state index >= 15 is 0 Å². The molecule has 0 aromatic heterocycles. The minimum Gasteiger partial charge on any atom is -0.383 e. The van der Waals surface area contributed by atoms with Gasteiger partial charge in [0.1, 0.15) is 0 Å². The van der Waals surface area contributed by atoms with Crippen LogP contribution in [0.2, 0.25) is 0 Å². The highest BCUT2D eigenvalue weighted by molar-refractivity contribution is 9.11. The molecule has 0 spiro atoms. The number of hydrogen-bond acceptors (Lipinski definition) is 3. The van der Waals surface area contributed by atoms with Crippen LogP contribution in [0.1, 0.15) is 5.56 Å².